The van der Waals surface area contributed by atoms with E-state index in [2.05, 4.69) is 0 Å². The van der Waals surface area contributed by atoms with Gasteiger partial charge in [-0.25, -0.2) is 4.39 Å². The van der Waals surface area contributed by atoms with Crippen LogP contribution < -0.4 is 0 Å². The largest absolute Gasteiger partial charge is 0.385 e. The van der Waals surface area contributed by atoms with E-state index < -0.39 is 0 Å². The molecule has 0 saturated heterocycles. The zero-order valence-electron chi connectivity index (χ0n) is 7.21. The Balaban J connectivity index is 3.06. The molecule has 0 saturated carbocycles. The third-order valence-electron chi connectivity index (χ3n) is 1.76. The van der Waals surface area contributed by atoms with Crippen LogP contribution in [0.15, 0.2) is 18.2 Å². The number of rotatable bonds is 2. The van der Waals surface area contributed by atoms with Crippen LogP contribution in [0.5, 0.6) is 0 Å². The van der Waals surface area contributed by atoms with Crippen molar-refractivity contribution in [3.63, 3.8) is 0 Å². The first-order valence-electron chi connectivity index (χ1n) is 3.91. The fourth-order valence-corrected chi connectivity index (χ4v) is 1.04. The Morgan fingerprint density at radius 1 is 1.33 bits per heavy atom. The molecule has 0 bridgehead atoms. The van der Waals surface area contributed by atoms with Crippen molar-refractivity contribution in [2.75, 3.05) is 0 Å². The molecule has 1 radical (unpaired) electrons. The average molecular weight is 167 g/mol. The van der Waals surface area contributed by atoms with E-state index in [1.54, 1.807) is 6.07 Å². The second kappa shape index (κ2) is 3.68. The van der Waals surface area contributed by atoms with Crippen molar-refractivity contribution in [3.8, 4) is 0 Å². The normalized spacial score (nSPS) is 10.8. The Hall–Kier alpha value is -0.890. The molecule has 0 aromatic heterocycles. The van der Waals surface area contributed by atoms with Crippen LogP contribution in [0.2, 0.25) is 0 Å². The monoisotopic (exact) mass is 167 g/mol. The highest BCUT2D eigenvalue weighted by atomic mass is 19.1. The molecule has 0 aliphatic rings. The highest BCUT2D eigenvalue weighted by molar-refractivity contribution is 5.29. The van der Waals surface area contributed by atoms with Crippen LogP contribution >= 0.6 is 0 Å². The van der Waals surface area contributed by atoms with E-state index in [1.807, 2.05) is 13.8 Å². The maximum absolute atomic E-state index is 12.8. The number of benzene rings is 1. The van der Waals surface area contributed by atoms with E-state index in [1.165, 1.54) is 12.1 Å². The van der Waals surface area contributed by atoms with Gasteiger partial charge >= 0.3 is 0 Å². The van der Waals surface area contributed by atoms with Gasteiger partial charge in [0.15, 0.2) is 0 Å². The summed E-state index contributed by atoms with van der Waals surface area (Å²) in [5.41, 5.74) is 1.41. The number of hydrogen-bond donors (Lipinski definition) is 1. The van der Waals surface area contributed by atoms with Gasteiger partial charge in [-0.15, -0.1) is 0 Å². The summed E-state index contributed by atoms with van der Waals surface area (Å²) in [6.07, 6.45) is 0. The van der Waals surface area contributed by atoms with Gasteiger partial charge in [0.25, 0.3) is 0 Å². The van der Waals surface area contributed by atoms with Gasteiger partial charge in [0.1, 0.15) is 12.4 Å². The van der Waals surface area contributed by atoms with E-state index in [0.29, 0.717) is 5.56 Å². The van der Waals surface area contributed by atoms with Crippen LogP contribution in [0.25, 0.3) is 0 Å². The molecule has 0 heterocycles. The van der Waals surface area contributed by atoms with Crippen molar-refractivity contribution in [1.82, 2.24) is 0 Å². The van der Waals surface area contributed by atoms with Gasteiger partial charge in [0.2, 0.25) is 0 Å². The van der Waals surface area contributed by atoms with Crippen molar-refractivity contribution in [2.24, 2.45) is 0 Å². The summed E-state index contributed by atoms with van der Waals surface area (Å²) >= 11 is 0. The van der Waals surface area contributed by atoms with Gasteiger partial charge in [-0.1, -0.05) is 19.9 Å². The predicted octanol–water partition coefficient (Wildman–Crippen LogP) is 2.83. The van der Waals surface area contributed by atoms with Crippen LogP contribution in [-0.4, -0.2) is 5.11 Å². The first-order valence-corrected chi connectivity index (χ1v) is 3.91. The molecule has 0 aliphatic carbocycles. The minimum atomic E-state index is -0.304. The lowest BCUT2D eigenvalue weighted by atomic mass is 10.0. The quantitative estimate of drug-likeness (QED) is 0.718. The van der Waals surface area contributed by atoms with Crippen molar-refractivity contribution in [3.05, 3.63) is 41.8 Å². The van der Waals surface area contributed by atoms with Gasteiger partial charge in [-0.05, 0) is 29.2 Å². The number of aliphatic hydroxyl groups excluding tert-OH is 1. The Morgan fingerprint density at radius 2 is 2.00 bits per heavy atom. The summed E-state index contributed by atoms with van der Waals surface area (Å²) in [7, 11) is 0. The molecule has 12 heavy (non-hydrogen) atoms. The molecule has 65 valence electrons. The van der Waals surface area contributed by atoms with E-state index in [-0.39, 0.29) is 11.7 Å². The zero-order valence-corrected chi connectivity index (χ0v) is 7.21. The molecule has 0 unspecified atom stereocenters. The van der Waals surface area contributed by atoms with E-state index in [4.69, 9.17) is 5.11 Å². The lowest BCUT2D eigenvalue weighted by Gasteiger charge is -2.06. The van der Waals surface area contributed by atoms with Gasteiger partial charge < -0.3 is 5.11 Å². The number of halogens is 1. The van der Waals surface area contributed by atoms with E-state index in [0.717, 1.165) is 12.2 Å². The molecule has 1 N–H and O–H groups in total. The predicted molar refractivity (Wildman–Crippen MR) is 45.8 cm³/mol. The standard InChI is InChI=1S/C10H12FO/c1-7(2)9-3-8(6-12)4-10(11)5-9/h3-7,12H,1-2H3. The third kappa shape index (κ3) is 2.05. The highest BCUT2D eigenvalue weighted by Crippen LogP contribution is 2.18. The highest BCUT2D eigenvalue weighted by Gasteiger charge is 2.03. The second-order valence-corrected chi connectivity index (χ2v) is 3.10. The molecule has 0 aliphatic heterocycles. The van der Waals surface area contributed by atoms with Gasteiger partial charge in [0, 0.05) is 0 Å². The van der Waals surface area contributed by atoms with Crippen LogP contribution in [0.3, 0.4) is 0 Å². The lowest BCUT2D eigenvalue weighted by Crippen LogP contribution is -1.92. The molecular formula is C10H12FO. The molecule has 0 fully saturated rings. The minimum Gasteiger partial charge on any atom is -0.385 e. The summed E-state index contributed by atoms with van der Waals surface area (Å²) in [6.45, 7) is 4.88. The summed E-state index contributed by atoms with van der Waals surface area (Å²) < 4.78 is 12.8. The minimum absolute atomic E-state index is 0.277. The van der Waals surface area contributed by atoms with E-state index >= 15 is 0 Å². The Labute approximate surface area is 71.9 Å². The molecule has 0 atom stereocenters. The molecule has 0 spiro atoms. The van der Waals surface area contributed by atoms with Crippen LogP contribution in [-0.2, 0) is 0 Å². The summed E-state index contributed by atoms with van der Waals surface area (Å²) in [5, 5.41) is 8.68. The molecule has 1 aromatic rings. The van der Waals surface area contributed by atoms with Gasteiger partial charge in [-0.3, -0.25) is 0 Å². The molecule has 2 heteroatoms. The topological polar surface area (TPSA) is 20.2 Å². The smallest absolute Gasteiger partial charge is 0.123 e. The summed E-state index contributed by atoms with van der Waals surface area (Å²) in [6, 6.07) is 4.55. The Bertz CT molecular complexity index is 269. The average Bonchev–Trinajstić information content (AvgIpc) is 2.03. The molecule has 0 amide bonds. The van der Waals surface area contributed by atoms with Crippen LogP contribution in [0.4, 0.5) is 4.39 Å². The van der Waals surface area contributed by atoms with Crippen LogP contribution in [0.1, 0.15) is 30.9 Å². The first-order chi connectivity index (χ1) is 5.63. The van der Waals surface area contributed by atoms with Crippen molar-refractivity contribution in [1.29, 1.82) is 0 Å². The molecule has 1 aromatic carbocycles. The lowest BCUT2D eigenvalue weighted by molar-refractivity contribution is 0.414. The Kier molecular flexibility index (Phi) is 2.82. The van der Waals surface area contributed by atoms with Gasteiger partial charge in [0.05, 0.1) is 0 Å². The summed E-state index contributed by atoms with van der Waals surface area (Å²) in [5.74, 6) is -0.0269. The zero-order chi connectivity index (χ0) is 9.14. The fourth-order valence-electron chi connectivity index (χ4n) is 1.04. The van der Waals surface area contributed by atoms with E-state index in [9.17, 15) is 4.39 Å². The van der Waals surface area contributed by atoms with Gasteiger partial charge in [-0.2, -0.15) is 0 Å². The van der Waals surface area contributed by atoms with Crippen molar-refractivity contribution >= 4 is 0 Å². The molecule has 1 nitrogen and oxygen atoms in total. The summed E-state index contributed by atoms with van der Waals surface area (Å²) in [4.78, 5) is 0. The van der Waals surface area contributed by atoms with Crippen LogP contribution in [0, 0.1) is 12.4 Å². The maximum atomic E-state index is 12.8. The Morgan fingerprint density at radius 3 is 2.50 bits per heavy atom. The fraction of sp³-hybridized carbons (Fsp3) is 0.300. The van der Waals surface area contributed by atoms with Crippen molar-refractivity contribution in [2.45, 2.75) is 19.8 Å². The number of aliphatic hydroxyl groups is 1. The third-order valence-corrected chi connectivity index (χ3v) is 1.76. The molecular weight excluding hydrogens is 155 g/mol. The van der Waals surface area contributed by atoms with Crippen molar-refractivity contribution < 1.29 is 9.50 Å². The second-order valence-electron chi connectivity index (χ2n) is 3.10. The first kappa shape index (κ1) is 9.20. The maximum Gasteiger partial charge on any atom is 0.123 e. The SMILES string of the molecule is CC(C)c1cc(F)cc([CH]O)c1. The number of hydrogen-bond acceptors (Lipinski definition) is 1. The molecule has 1 rings (SSSR count).